The molecule has 0 aliphatic carbocycles. The molecular formula is C33H36N5O11P. The first-order chi connectivity index (χ1) is 24.0. The summed E-state index contributed by atoms with van der Waals surface area (Å²) in [6.07, 6.45) is -4.85. The van der Waals surface area contributed by atoms with Crippen LogP contribution in [0.15, 0.2) is 73.3 Å². The molecule has 1 N–H and O–H groups in total. The number of carbonyl (C=O) groups is 4. The lowest BCUT2D eigenvalue weighted by Crippen LogP contribution is -2.46. The van der Waals surface area contributed by atoms with E-state index in [2.05, 4.69) is 20.3 Å². The van der Waals surface area contributed by atoms with Crippen molar-refractivity contribution in [2.24, 2.45) is 0 Å². The number of aromatic nitrogens is 4. The van der Waals surface area contributed by atoms with Crippen molar-refractivity contribution in [3.05, 3.63) is 84.4 Å². The minimum absolute atomic E-state index is 0.0184. The first-order valence-electron chi connectivity index (χ1n) is 15.7. The zero-order chi connectivity index (χ0) is 35.8. The van der Waals surface area contributed by atoms with Crippen LogP contribution in [0.3, 0.4) is 0 Å². The van der Waals surface area contributed by atoms with Gasteiger partial charge in [0.15, 0.2) is 35.4 Å². The second kappa shape index (κ2) is 16.1. The Labute approximate surface area is 286 Å². The number of anilines is 1. The van der Waals surface area contributed by atoms with Gasteiger partial charge in [0.25, 0.3) is 5.91 Å². The molecule has 0 unspecified atom stereocenters. The fourth-order valence-electron chi connectivity index (χ4n) is 5.48. The van der Waals surface area contributed by atoms with E-state index >= 15 is 0 Å². The first kappa shape index (κ1) is 36.3. The third-order valence-electron chi connectivity index (χ3n) is 7.42. The molecule has 16 nitrogen and oxygen atoms in total. The van der Waals surface area contributed by atoms with E-state index in [1.807, 2.05) is 0 Å². The summed E-state index contributed by atoms with van der Waals surface area (Å²) in [7, 11) is -3.90. The number of esters is 3. The maximum Gasteiger partial charge on any atom is 0.338 e. The summed E-state index contributed by atoms with van der Waals surface area (Å²) in [6.45, 7) is 5.59. The van der Waals surface area contributed by atoms with Gasteiger partial charge >= 0.3 is 25.5 Å². The number of ether oxygens (including phenoxy) is 4. The van der Waals surface area contributed by atoms with E-state index in [1.54, 1.807) is 62.4 Å². The summed E-state index contributed by atoms with van der Waals surface area (Å²) in [5.74, 6) is -2.68. The highest BCUT2D eigenvalue weighted by Gasteiger charge is 2.55. The van der Waals surface area contributed by atoms with Gasteiger partial charge in [-0.1, -0.05) is 36.4 Å². The van der Waals surface area contributed by atoms with Crippen molar-refractivity contribution in [1.82, 2.24) is 19.5 Å². The van der Waals surface area contributed by atoms with Crippen molar-refractivity contribution in [3.63, 3.8) is 0 Å². The van der Waals surface area contributed by atoms with Crippen LogP contribution in [0.25, 0.3) is 11.2 Å². The molecule has 2 aromatic carbocycles. The maximum atomic E-state index is 13.7. The Morgan fingerprint density at radius 3 is 2.10 bits per heavy atom. The molecule has 3 heterocycles. The molecule has 5 atom stereocenters. The number of hydrogen-bond donors (Lipinski definition) is 1. The second-order valence-electron chi connectivity index (χ2n) is 10.9. The van der Waals surface area contributed by atoms with Crippen molar-refractivity contribution in [1.29, 1.82) is 0 Å². The lowest BCUT2D eigenvalue weighted by Gasteiger charge is -2.30. The number of benzene rings is 2. The normalized spacial score (nSPS) is 19.4. The number of nitrogens with one attached hydrogen (secondary N) is 1. The molecule has 1 fully saturated rings. The van der Waals surface area contributed by atoms with Gasteiger partial charge in [0.05, 0.1) is 31.3 Å². The van der Waals surface area contributed by atoms with Crippen LogP contribution in [0.2, 0.25) is 0 Å². The summed E-state index contributed by atoms with van der Waals surface area (Å²) in [5.41, 5.74) is 0.871. The quantitative estimate of drug-likeness (QED) is 0.110. The lowest BCUT2D eigenvalue weighted by molar-refractivity contribution is -0.157. The molecule has 17 heteroatoms. The van der Waals surface area contributed by atoms with Gasteiger partial charge in [-0.2, -0.15) is 0 Å². The average molecular weight is 710 g/mol. The van der Waals surface area contributed by atoms with Crippen LogP contribution in [0.1, 0.15) is 54.6 Å². The van der Waals surface area contributed by atoms with Crippen LogP contribution in [0.5, 0.6) is 0 Å². The molecule has 5 rings (SSSR count). The van der Waals surface area contributed by atoms with E-state index < -0.39 is 68.2 Å². The SMILES string of the molecule is CCOP(=O)(C[C@@H](OC(C)=O)[C@H]1O[C@@H](n2cnc3c(NC(=O)c4ccccc4)ncnc32)[C@H](OC(C)=O)[C@@H]1OC(=O)c1ccccc1)OCC. The van der Waals surface area contributed by atoms with E-state index in [0.29, 0.717) is 5.56 Å². The van der Waals surface area contributed by atoms with Crippen LogP contribution < -0.4 is 5.32 Å². The van der Waals surface area contributed by atoms with E-state index in [-0.39, 0.29) is 35.8 Å². The minimum Gasteiger partial charge on any atom is -0.459 e. The predicted octanol–water partition coefficient (Wildman–Crippen LogP) is 4.33. The van der Waals surface area contributed by atoms with Crippen molar-refractivity contribution < 1.29 is 51.7 Å². The molecule has 264 valence electrons. The zero-order valence-electron chi connectivity index (χ0n) is 27.7. The van der Waals surface area contributed by atoms with Gasteiger partial charge in [-0.25, -0.2) is 19.7 Å². The van der Waals surface area contributed by atoms with Crippen molar-refractivity contribution in [2.45, 2.75) is 58.3 Å². The van der Waals surface area contributed by atoms with Gasteiger partial charge < -0.3 is 33.3 Å². The monoisotopic (exact) mass is 709 g/mol. The number of fused-ring (bicyclic) bond motifs is 1. The molecule has 2 aromatic heterocycles. The third kappa shape index (κ3) is 8.40. The number of nitrogens with zero attached hydrogens (tertiary/aromatic N) is 4. The number of rotatable bonds is 14. The Kier molecular flexibility index (Phi) is 11.7. The summed E-state index contributed by atoms with van der Waals surface area (Å²) in [6, 6.07) is 16.5. The fourth-order valence-corrected chi connectivity index (χ4v) is 7.28. The van der Waals surface area contributed by atoms with Gasteiger partial charge in [0.1, 0.15) is 18.5 Å². The second-order valence-corrected chi connectivity index (χ2v) is 13.0. The van der Waals surface area contributed by atoms with E-state index in [4.69, 9.17) is 28.0 Å². The van der Waals surface area contributed by atoms with Crippen molar-refractivity contribution >= 4 is 48.4 Å². The molecule has 50 heavy (non-hydrogen) atoms. The maximum absolute atomic E-state index is 13.7. The zero-order valence-corrected chi connectivity index (χ0v) is 28.6. The number of imidazole rings is 1. The van der Waals surface area contributed by atoms with E-state index in [9.17, 15) is 23.7 Å². The third-order valence-corrected chi connectivity index (χ3v) is 9.53. The molecular weight excluding hydrogens is 673 g/mol. The van der Waals surface area contributed by atoms with Crippen molar-refractivity contribution in [2.75, 3.05) is 24.7 Å². The van der Waals surface area contributed by atoms with E-state index in [1.165, 1.54) is 29.4 Å². The Morgan fingerprint density at radius 1 is 0.860 bits per heavy atom. The van der Waals surface area contributed by atoms with Gasteiger partial charge in [0, 0.05) is 19.4 Å². The molecule has 1 aliphatic heterocycles. The molecule has 1 saturated heterocycles. The highest BCUT2D eigenvalue weighted by Crippen LogP contribution is 2.51. The largest absolute Gasteiger partial charge is 0.459 e. The van der Waals surface area contributed by atoms with Gasteiger partial charge in [-0.15, -0.1) is 0 Å². The Hall–Kier alpha value is -5.02. The smallest absolute Gasteiger partial charge is 0.338 e. The minimum atomic E-state index is -3.90. The van der Waals surface area contributed by atoms with Crippen LogP contribution in [-0.2, 0) is 42.1 Å². The van der Waals surface area contributed by atoms with Crippen LogP contribution in [0, 0.1) is 0 Å². The predicted molar refractivity (Wildman–Crippen MR) is 176 cm³/mol. The lowest BCUT2D eigenvalue weighted by atomic mass is 10.1. The molecule has 1 amide bonds. The van der Waals surface area contributed by atoms with Gasteiger partial charge in [0.2, 0.25) is 0 Å². The molecule has 4 aromatic rings. The highest BCUT2D eigenvalue weighted by molar-refractivity contribution is 7.53. The van der Waals surface area contributed by atoms with Crippen LogP contribution in [0.4, 0.5) is 5.82 Å². The topological polar surface area (TPSA) is 196 Å². The number of amides is 1. The Morgan fingerprint density at radius 2 is 1.50 bits per heavy atom. The first-order valence-corrected chi connectivity index (χ1v) is 17.4. The standard InChI is InChI=1S/C33H36N5O11P/c1-5-44-50(43,45-6-2)17-24(46-20(3)39)26-27(49-33(42)23-15-11-8-12-16-23)28(47-21(4)40)32(48-26)38-19-36-25-29(34-18-35-30(25)38)37-31(41)22-13-9-7-10-14-22/h7-16,18-19,24,26-28,32H,5-6,17H2,1-4H3,(H,34,35,37,41)/t24-,26-,27-,28-,32-/m1/s1. The molecule has 0 bridgehead atoms. The van der Waals surface area contributed by atoms with Crippen LogP contribution in [-0.4, -0.2) is 87.1 Å². The number of hydrogen-bond acceptors (Lipinski definition) is 14. The average Bonchev–Trinajstić information content (AvgIpc) is 3.67. The molecule has 0 radical (unpaired) electrons. The molecule has 1 aliphatic rings. The van der Waals surface area contributed by atoms with E-state index in [0.717, 1.165) is 13.8 Å². The summed E-state index contributed by atoms with van der Waals surface area (Å²) in [4.78, 5) is 64.3. The summed E-state index contributed by atoms with van der Waals surface area (Å²) in [5, 5.41) is 2.72. The van der Waals surface area contributed by atoms with Gasteiger partial charge in [-0.3, -0.25) is 23.5 Å². The van der Waals surface area contributed by atoms with Gasteiger partial charge in [-0.05, 0) is 38.1 Å². The van der Waals surface area contributed by atoms with Crippen molar-refractivity contribution in [3.8, 4) is 0 Å². The fraction of sp³-hybridized carbons (Fsp3) is 0.364. The summed E-state index contributed by atoms with van der Waals surface area (Å²) < 4.78 is 49.9. The Bertz CT molecular complexity index is 1860. The number of carbonyl (C=O) groups excluding carboxylic acids is 4. The molecule has 0 saturated carbocycles. The van der Waals surface area contributed by atoms with Crippen LogP contribution >= 0.6 is 7.60 Å². The molecule has 0 spiro atoms. The summed E-state index contributed by atoms with van der Waals surface area (Å²) >= 11 is 0. The Balaban J connectivity index is 1.58. The highest BCUT2D eigenvalue weighted by atomic mass is 31.2.